The van der Waals surface area contributed by atoms with Gasteiger partial charge < -0.3 is 5.32 Å². The number of hydrogen-bond donors (Lipinski definition) is 1. The van der Waals surface area contributed by atoms with Crippen molar-refractivity contribution in [2.45, 2.75) is 50.6 Å². The Balaban J connectivity index is 1.98. The number of nitrogens with one attached hydrogen (secondary N) is 1. The second-order valence-corrected chi connectivity index (χ2v) is 7.74. The molecular weight excluding hydrogens is 288 g/mol. The van der Waals surface area contributed by atoms with Gasteiger partial charge >= 0.3 is 0 Å². The van der Waals surface area contributed by atoms with Crippen molar-refractivity contribution in [1.29, 1.82) is 0 Å². The van der Waals surface area contributed by atoms with Crippen LogP contribution in [0.4, 0.5) is 0 Å². The fourth-order valence-electron chi connectivity index (χ4n) is 2.40. The third-order valence-corrected chi connectivity index (χ3v) is 6.05. The SMILES string of the molecule is CCNCCCn1cc(S(=O)(=O)N(C)C(C)C2CC2)cn1. The minimum absolute atomic E-state index is 0.0621. The van der Waals surface area contributed by atoms with E-state index >= 15 is 0 Å². The number of aryl methyl sites for hydroxylation is 1. The van der Waals surface area contributed by atoms with Gasteiger partial charge in [-0.15, -0.1) is 0 Å². The number of sulfonamides is 1. The molecule has 0 bridgehead atoms. The van der Waals surface area contributed by atoms with Crippen LogP contribution in [0.1, 0.15) is 33.1 Å². The number of nitrogens with zero attached hydrogens (tertiary/aromatic N) is 3. The van der Waals surface area contributed by atoms with Gasteiger partial charge in [0.05, 0.1) is 6.20 Å². The first-order chi connectivity index (χ1) is 9.96. The van der Waals surface area contributed by atoms with E-state index in [0.717, 1.165) is 38.9 Å². The van der Waals surface area contributed by atoms with Crippen LogP contribution in [0.15, 0.2) is 17.3 Å². The van der Waals surface area contributed by atoms with Crippen LogP contribution in [0, 0.1) is 5.92 Å². The predicted octanol–water partition coefficient (Wildman–Crippen LogP) is 1.30. The first-order valence-corrected chi connectivity index (χ1v) is 9.12. The smallest absolute Gasteiger partial charge is 0.246 e. The summed E-state index contributed by atoms with van der Waals surface area (Å²) in [7, 11) is -1.76. The Morgan fingerprint density at radius 1 is 1.52 bits per heavy atom. The van der Waals surface area contributed by atoms with Gasteiger partial charge in [0.15, 0.2) is 0 Å². The summed E-state index contributed by atoms with van der Waals surface area (Å²) in [6.07, 6.45) is 6.29. The molecule has 0 amide bonds. The quantitative estimate of drug-likeness (QED) is 0.698. The summed E-state index contributed by atoms with van der Waals surface area (Å²) < 4.78 is 28.3. The highest BCUT2D eigenvalue weighted by Crippen LogP contribution is 2.36. The van der Waals surface area contributed by atoms with E-state index in [1.165, 1.54) is 10.5 Å². The van der Waals surface area contributed by atoms with Gasteiger partial charge in [0.25, 0.3) is 0 Å². The fourth-order valence-corrected chi connectivity index (χ4v) is 3.78. The zero-order chi connectivity index (χ0) is 15.5. The summed E-state index contributed by atoms with van der Waals surface area (Å²) in [4.78, 5) is 0.293. The lowest BCUT2D eigenvalue weighted by Crippen LogP contribution is -2.36. The van der Waals surface area contributed by atoms with Gasteiger partial charge in [0.2, 0.25) is 10.0 Å². The summed E-state index contributed by atoms with van der Waals surface area (Å²) in [5.74, 6) is 0.514. The molecule has 0 saturated heterocycles. The molecule has 1 aliphatic carbocycles. The minimum Gasteiger partial charge on any atom is -0.317 e. The molecule has 1 unspecified atom stereocenters. The van der Waals surface area contributed by atoms with Crippen molar-refractivity contribution in [2.24, 2.45) is 5.92 Å². The molecule has 1 heterocycles. The van der Waals surface area contributed by atoms with Crippen molar-refractivity contribution in [2.75, 3.05) is 20.1 Å². The van der Waals surface area contributed by atoms with Gasteiger partial charge in [-0.1, -0.05) is 6.92 Å². The molecule has 6 nitrogen and oxygen atoms in total. The van der Waals surface area contributed by atoms with Crippen molar-refractivity contribution in [3.8, 4) is 0 Å². The number of rotatable bonds is 9. The monoisotopic (exact) mass is 314 g/mol. The highest BCUT2D eigenvalue weighted by atomic mass is 32.2. The lowest BCUT2D eigenvalue weighted by Gasteiger charge is -2.23. The third-order valence-electron chi connectivity index (χ3n) is 4.16. The van der Waals surface area contributed by atoms with Crippen LogP contribution >= 0.6 is 0 Å². The van der Waals surface area contributed by atoms with Crippen molar-refractivity contribution >= 4 is 10.0 Å². The molecule has 7 heteroatoms. The maximum atomic E-state index is 12.6. The Morgan fingerprint density at radius 2 is 2.24 bits per heavy atom. The molecule has 120 valence electrons. The van der Waals surface area contributed by atoms with Crippen LogP contribution in [0.5, 0.6) is 0 Å². The molecule has 1 fully saturated rings. The Labute approximate surface area is 127 Å². The maximum Gasteiger partial charge on any atom is 0.246 e. The Kier molecular flexibility index (Phi) is 5.40. The summed E-state index contributed by atoms with van der Waals surface area (Å²) in [6.45, 7) is 6.63. The van der Waals surface area contributed by atoms with E-state index in [-0.39, 0.29) is 6.04 Å². The molecule has 1 N–H and O–H groups in total. The number of hydrogen-bond acceptors (Lipinski definition) is 4. The van der Waals surface area contributed by atoms with Gasteiger partial charge in [0, 0.05) is 25.8 Å². The van der Waals surface area contributed by atoms with E-state index in [2.05, 4.69) is 17.3 Å². The van der Waals surface area contributed by atoms with Gasteiger partial charge in [-0.05, 0) is 45.2 Å². The lowest BCUT2D eigenvalue weighted by atomic mass is 10.2. The highest BCUT2D eigenvalue weighted by molar-refractivity contribution is 7.89. The van der Waals surface area contributed by atoms with E-state index in [9.17, 15) is 8.42 Å². The lowest BCUT2D eigenvalue weighted by molar-refractivity contribution is 0.357. The van der Waals surface area contributed by atoms with Crippen LogP contribution in [-0.4, -0.2) is 48.7 Å². The van der Waals surface area contributed by atoms with E-state index in [0.29, 0.717) is 10.8 Å². The molecule has 1 aromatic heterocycles. The largest absolute Gasteiger partial charge is 0.317 e. The Bertz CT molecular complexity index is 551. The van der Waals surface area contributed by atoms with Crippen molar-refractivity contribution in [1.82, 2.24) is 19.4 Å². The average Bonchev–Trinajstić information content (AvgIpc) is 3.20. The van der Waals surface area contributed by atoms with Gasteiger partial charge in [-0.3, -0.25) is 4.68 Å². The Hall–Kier alpha value is -0.920. The minimum atomic E-state index is -3.42. The van der Waals surface area contributed by atoms with Crippen molar-refractivity contribution < 1.29 is 8.42 Å². The van der Waals surface area contributed by atoms with E-state index in [4.69, 9.17) is 0 Å². The van der Waals surface area contributed by atoms with Crippen LogP contribution < -0.4 is 5.32 Å². The molecule has 0 aliphatic heterocycles. The fraction of sp³-hybridized carbons (Fsp3) is 0.786. The molecule has 0 radical (unpaired) electrons. The molecule has 0 spiro atoms. The topological polar surface area (TPSA) is 67.2 Å². The first-order valence-electron chi connectivity index (χ1n) is 7.68. The summed E-state index contributed by atoms with van der Waals surface area (Å²) in [5, 5.41) is 7.41. The van der Waals surface area contributed by atoms with Crippen molar-refractivity contribution in [3.05, 3.63) is 12.4 Å². The average molecular weight is 314 g/mol. The Morgan fingerprint density at radius 3 is 2.86 bits per heavy atom. The molecule has 0 aromatic carbocycles. The zero-order valence-corrected chi connectivity index (χ0v) is 13.9. The molecule has 21 heavy (non-hydrogen) atoms. The molecular formula is C14H26N4O2S. The predicted molar refractivity (Wildman–Crippen MR) is 82.5 cm³/mol. The molecule has 1 aromatic rings. The third kappa shape index (κ3) is 4.05. The van der Waals surface area contributed by atoms with E-state index in [1.807, 2.05) is 6.92 Å². The molecule has 1 aliphatic rings. The maximum absolute atomic E-state index is 12.6. The van der Waals surface area contributed by atoms with Crippen LogP contribution in [0.3, 0.4) is 0 Å². The molecule has 1 atom stereocenters. The summed E-state index contributed by atoms with van der Waals surface area (Å²) >= 11 is 0. The first kappa shape index (κ1) is 16.5. The molecule has 1 saturated carbocycles. The van der Waals surface area contributed by atoms with Crippen molar-refractivity contribution in [3.63, 3.8) is 0 Å². The summed E-state index contributed by atoms with van der Waals surface area (Å²) in [5.41, 5.74) is 0. The number of aromatic nitrogens is 2. The molecule has 2 rings (SSSR count). The van der Waals surface area contributed by atoms with E-state index in [1.54, 1.807) is 17.9 Å². The van der Waals surface area contributed by atoms with Crippen LogP contribution in [0.25, 0.3) is 0 Å². The zero-order valence-electron chi connectivity index (χ0n) is 13.1. The van der Waals surface area contributed by atoms with Crippen LogP contribution in [-0.2, 0) is 16.6 Å². The van der Waals surface area contributed by atoms with Gasteiger partial charge in [0.1, 0.15) is 4.90 Å². The standard InChI is InChI=1S/C14H26N4O2S/c1-4-15-8-5-9-18-11-14(10-16-18)21(19,20)17(3)12(2)13-6-7-13/h10-13,15H,4-9H2,1-3H3. The second-order valence-electron chi connectivity index (χ2n) is 5.75. The summed E-state index contributed by atoms with van der Waals surface area (Å²) in [6, 6.07) is 0.0621. The van der Waals surface area contributed by atoms with Gasteiger partial charge in [-0.2, -0.15) is 9.40 Å². The second kappa shape index (κ2) is 6.89. The normalized spacial score (nSPS) is 17.3. The van der Waals surface area contributed by atoms with Gasteiger partial charge in [-0.25, -0.2) is 8.42 Å². The van der Waals surface area contributed by atoms with Crippen LogP contribution in [0.2, 0.25) is 0 Å². The van der Waals surface area contributed by atoms with E-state index < -0.39 is 10.0 Å². The highest BCUT2D eigenvalue weighted by Gasteiger charge is 2.36.